The van der Waals surface area contributed by atoms with Crippen molar-refractivity contribution >= 4 is 5.78 Å². The lowest BCUT2D eigenvalue weighted by molar-refractivity contribution is -0.117. The number of carbonyl (C=O) groups excluding carboxylic acids is 1. The summed E-state index contributed by atoms with van der Waals surface area (Å²) < 4.78 is 4.44. The van der Waals surface area contributed by atoms with Crippen molar-refractivity contribution in [2.24, 2.45) is 5.92 Å². The lowest BCUT2D eigenvalue weighted by Gasteiger charge is -1.95. The van der Waals surface area contributed by atoms with Gasteiger partial charge in [-0.2, -0.15) is 0 Å². The minimum Gasteiger partial charge on any atom is -0.394 e. The second-order valence-electron chi connectivity index (χ2n) is 3.02. The fourth-order valence-electron chi connectivity index (χ4n) is 0.666. The second kappa shape index (κ2) is 10.6. The normalized spacial score (nSPS) is 9.17. The SMILES string of the molecule is CC(=O)CC(C)C.COCCO. The molecule has 0 bridgehead atoms. The molecule has 0 aliphatic heterocycles. The Bertz CT molecular complexity index is 97.9. The van der Waals surface area contributed by atoms with Crippen LogP contribution in [0.5, 0.6) is 0 Å². The standard InChI is InChI=1S/C6H12O.C3H8O2/c1-5(2)4-6(3)7;1-5-3-2-4/h5H,4H2,1-3H3;4H,2-3H2,1H3. The van der Waals surface area contributed by atoms with Crippen molar-refractivity contribution in [1.82, 2.24) is 0 Å². The third-order valence-corrected chi connectivity index (χ3v) is 0.991. The molecule has 3 nitrogen and oxygen atoms in total. The maximum atomic E-state index is 10.3. The summed E-state index contributed by atoms with van der Waals surface area (Å²) in [6.45, 7) is 6.28. The summed E-state index contributed by atoms with van der Waals surface area (Å²) in [6.07, 6.45) is 0.722. The zero-order valence-electron chi connectivity index (χ0n) is 8.46. The molecule has 0 heterocycles. The Morgan fingerprint density at radius 1 is 1.50 bits per heavy atom. The number of Topliss-reactive ketones (excluding diaryl/α,β-unsaturated/α-hetero) is 1. The summed E-state index contributed by atoms with van der Waals surface area (Å²) in [6, 6.07) is 0. The molecule has 0 aliphatic carbocycles. The van der Waals surface area contributed by atoms with Crippen molar-refractivity contribution in [2.45, 2.75) is 27.2 Å². The van der Waals surface area contributed by atoms with E-state index < -0.39 is 0 Å². The van der Waals surface area contributed by atoms with E-state index in [0.717, 1.165) is 6.42 Å². The number of carbonyl (C=O) groups is 1. The van der Waals surface area contributed by atoms with Gasteiger partial charge in [0, 0.05) is 13.5 Å². The molecule has 0 radical (unpaired) electrons. The van der Waals surface area contributed by atoms with Gasteiger partial charge in [-0.25, -0.2) is 0 Å². The van der Waals surface area contributed by atoms with Crippen LogP contribution in [0.1, 0.15) is 27.2 Å². The zero-order chi connectivity index (χ0) is 9.98. The third-order valence-electron chi connectivity index (χ3n) is 0.991. The number of methoxy groups -OCH3 is 1. The van der Waals surface area contributed by atoms with Crippen molar-refractivity contribution in [2.75, 3.05) is 20.3 Å². The van der Waals surface area contributed by atoms with Gasteiger partial charge < -0.3 is 14.6 Å². The molecule has 0 rings (SSSR count). The first-order valence-electron chi connectivity index (χ1n) is 4.13. The Hall–Kier alpha value is -0.410. The Balaban J connectivity index is 0. The van der Waals surface area contributed by atoms with Gasteiger partial charge >= 0.3 is 0 Å². The van der Waals surface area contributed by atoms with Crippen molar-refractivity contribution in [3.05, 3.63) is 0 Å². The average Bonchev–Trinajstić information content (AvgIpc) is 1.87. The molecule has 0 amide bonds. The number of hydrogen-bond donors (Lipinski definition) is 1. The van der Waals surface area contributed by atoms with Gasteiger partial charge in [0.15, 0.2) is 0 Å². The van der Waals surface area contributed by atoms with Crippen LogP contribution in [0.15, 0.2) is 0 Å². The van der Waals surface area contributed by atoms with E-state index in [9.17, 15) is 4.79 Å². The summed E-state index contributed by atoms with van der Waals surface area (Å²) in [7, 11) is 1.55. The van der Waals surface area contributed by atoms with Crippen LogP contribution in [0, 0.1) is 5.92 Å². The smallest absolute Gasteiger partial charge is 0.130 e. The molecule has 0 aromatic heterocycles. The number of ketones is 1. The third kappa shape index (κ3) is 22.6. The summed E-state index contributed by atoms with van der Waals surface area (Å²) in [5, 5.41) is 7.94. The predicted molar refractivity (Wildman–Crippen MR) is 49.1 cm³/mol. The van der Waals surface area contributed by atoms with Gasteiger partial charge in [-0.3, -0.25) is 0 Å². The van der Waals surface area contributed by atoms with Gasteiger partial charge in [-0.05, 0) is 12.8 Å². The largest absolute Gasteiger partial charge is 0.394 e. The van der Waals surface area contributed by atoms with Crippen LogP contribution < -0.4 is 0 Å². The Morgan fingerprint density at radius 3 is 2.00 bits per heavy atom. The van der Waals surface area contributed by atoms with E-state index in [1.807, 2.05) is 13.8 Å². The quantitative estimate of drug-likeness (QED) is 0.701. The van der Waals surface area contributed by atoms with Gasteiger partial charge in [-0.1, -0.05) is 13.8 Å². The minimum absolute atomic E-state index is 0.122. The molecule has 12 heavy (non-hydrogen) atoms. The van der Waals surface area contributed by atoms with E-state index in [0.29, 0.717) is 12.5 Å². The van der Waals surface area contributed by atoms with Crippen LogP contribution in [-0.2, 0) is 9.53 Å². The molecule has 0 saturated carbocycles. The Morgan fingerprint density at radius 2 is 2.00 bits per heavy atom. The molecular formula is C9H20O3. The number of rotatable bonds is 4. The Labute approximate surface area is 74.7 Å². The number of hydrogen-bond acceptors (Lipinski definition) is 3. The highest BCUT2D eigenvalue weighted by molar-refractivity contribution is 5.75. The molecule has 74 valence electrons. The van der Waals surface area contributed by atoms with Crippen molar-refractivity contribution in [1.29, 1.82) is 0 Å². The summed E-state index contributed by atoms with van der Waals surface area (Å²) in [4.78, 5) is 10.3. The first-order chi connectivity index (χ1) is 5.54. The van der Waals surface area contributed by atoms with Crippen molar-refractivity contribution < 1.29 is 14.6 Å². The topological polar surface area (TPSA) is 46.5 Å². The van der Waals surface area contributed by atoms with Crippen LogP contribution in [0.25, 0.3) is 0 Å². The highest BCUT2D eigenvalue weighted by Crippen LogP contribution is 1.97. The zero-order valence-corrected chi connectivity index (χ0v) is 8.46. The van der Waals surface area contributed by atoms with E-state index in [1.54, 1.807) is 14.0 Å². The van der Waals surface area contributed by atoms with Gasteiger partial charge in [0.25, 0.3) is 0 Å². The molecular weight excluding hydrogens is 156 g/mol. The molecule has 0 saturated heterocycles. The molecule has 0 aromatic carbocycles. The number of aliphatic hydroxyl groups excluding tert-OH is 1. The van der Waals surface area contributed by atoms with E-state index in [4.69, 9.17) is 5.11 Å². The fraction of sp³-hybridized carbons (Fsp3) is 0.889. The first-order valence-corrected chi connectivity index (χ1v) is 4.13. The number of aliphatic hydroxyl groups is 1. The number of ether oxygens (including phenoxy) is 1. The van der Waals surface area contributed by atoms with E-state index in [2.05, 4.69) is 4.74 Å². The van der Waals surface area contributed by atoms with Crippen molar-refractivity contribution in [3.63, 3.8) is 0 Å². The fourth-order valence-corrected chi connectivity index (χ4v) is 0.666. The predicted octanol–water partition coefficient (Wildman–Crippen LogP) is 1.25. The molecule has 0 atom stereocenters. The van der Waals surface area contributed by atoms with Gasteiger partial charge in [0.05, 0.1) is 13.2 Å². The van der Waals surface area contributed by atoms with E-state index in [1.165, 1.54) is 0 Å². The van der Waals surface area contributed by atoms with Crippen LogP contribution >= 0.6 is 0 Å². The monoisotopic (exact) mass is 176 g/mol. The molecule has 0 spiro atoms. The van der Waals surface area contributed by atoms with Crippen LogP contribution in [0.4, 0.5) is 0 Å². The van der Waals surface area contributed by atoms with Crippen LogP contribution in [-0.4, -0.2) is 31.2 Å². The summed E-state index contributed by atoms with van der Waals surface area (Å²) in [5.41, 5.74) is 0. The first kappa shape index (κ1) is 14.1. The molecule has 0 unspecified atom stereocenters. The minimum atomic E-state index is 0.122. The van der Waals surface area contributed by atoms with Gasteiger partial charge in [0.1, 0.15) is 5.78 Å². The maximum Gasteiger partial charge on any atom is 0.130 e. The van der Waals surface area contributed by atoms with Crippen LogP contribution in [0.3, 0.4) is 0 Å². The Kier molecular flexibility index (Phi) is 12.5. The lowest BCUT2D eigenvalue weighted by Crippen LogP contribution is -1.95. The van der Waals surface area contributed by atoms with E-state index in [-0.39, 0.29) is 12.4 Å². The second-order valence-corrected chi connectivity index (χ2v) is 3.02. The van der Waals surface area contributed by atoms with Crippen molar-refractivity contribution in [3.8, 4) is 0 Å². The lowest BCUT2D eigenvalue weighted by atomic mass is 10.1. The maximum absolute atomic E-state index is 10.3. The summed E-state index contributed by atoms with van der Waals surface area (Å²) in [5.74, 6) is 0.813. The van der Waals surface area contributed by atoms with Gasteiger partial charge in [-0.15, -0.1) is 0 Å². The van der Waals surface area contributed by atoms with Crippen LogP contribution in [0.2, 0.25) is 0 Å². The molecule has 1 N–H and O–H groups in total. The van der Waals surface area contributed by atoms with E-state index >= 15 is 0 Å². The molecule has 3 heteroatoms. The van der Waals surface area contributed by atoms with Gasteiger partial charge in [0.2, 0.25) is 0 Å². The molecule has 0 aliphatic rings. The molecule has 0 fully saturated rings. The summed E-state index contributed by atoms with van der Waals surface area (Å²) >= 11 is 0. The molecule has 0 aromatic rings. The average molecular weight is 176 g/mol. The highest BCUT2D eigenvalue weighted by atomic mass is 16.5. The highest BCUT2D eigenvalue weighted by Gasteiger charge is 1.95.